The van der Waals surface area contributed by atoms with Crippen LogP contribution in [0.5, 0.6) is 0 Å². The number of piperazine rings is 1. The predicted molar refractivity (Wildman–Crippen MR) is 137 cm³/mol. The van der Waals surface area contributed by atoms with Gasteiger partial charge >= 0.3 is 0 Å². The van der Waals surface area contributed by atoms with Gasteiger partial charge in [-0.05, 0) is 37.7 Å². The molecule has 1 saturated heterocycles. The van der Waals surface area contributed by atoms with E-state index in [1.165, 1.54) is 0 Å². The number of anilines is 2. The topological polar surface area (TPSA) is 120 Å². The number of nitrogens with two attached hydrogens (primary N) is 1. The zero-order chi connectivity index (χ0) is 24.3. The van der Waals surface area contributed by atoms with E-state index in [1.54, 1.807) is 18.3 Å². The molecular formula is C26H25N7O2. The molecule has 0 atom stereocenters. The first-order valence-corrected chi connectivity index (χ1v) is 11.6. The molecule has 0 unspecified atom stereocenters. The fourth-order valence-electron chi connectivity index (χ4n) is 4.92. The number of hydrogen-bond acceptors (Lipinski definition) is 7. The number of carbonyl (C=O) groups is 2. The molecule has 4 aromatic rings. The van der Waals surface area contributed by atoms with E-state index in [-0.39, 0.29) is 5.57 Å². The number of aryl methyl sites for hydroxylation is 1. The lowest BCUT2D eigenvalue weighted by molar-refractivity contribution is -0.122. The van der Waals surface area contributed by atoms with Gasteiger partial charge in [0, 0.05) is 59.9 Å². The first kappa shape index (κ1) is 21.3. The largest absolute Gasteiger partial charge is 0.399 e. The van der Waals surface area contributed by atoms with Gasteiger partial charge in [0.15, 0.2) is 0 Å². The summed E-state index contributed by atoms with van der Waals surface area (Å²) in [4.78, 5) is 43.7. The predicted octanol–water partition coefficient (Wildman–Crippen LogP) is 2.32. The maximum atomic E-state index is 13.2. The third-order valence-electron chi connectivity index (χ3n) is 6.86. The maximum absolute atomic E-state index is 13.2. The minimum atomic E-state index is -0.473. The molecule has 9 heteroatoms. The average Bonchev–Trinajstić information content (AvgIpc) is 3.39. The van der Waals surface area contributed by atoms with Gasteiger partial charge in [-0.15, -0.1) is 0 Å². The lowest BCUT2D eigenvalue weighted by atomic mass is 9.96. The molecule has 4 N–H and O–H groups in total. The number of aromatic amines is 1. The van der Waals surface area contributed by atoms with E-state index in [9.17, 15) is 9.59 Å². The van der Waals surface area contributed by atoms with E-state index < -0.39 is 11.8 Å². The molecule has 1 fully saturated rings. The molecule has 6 rings (SSSR count). The maximum Gasteiger partial charge on any atom is 0.261 e. The normalized spacial score (nSPS) is 17.1. The first-order valence-electron chi connectivity index (χ1n) is 11.6. The number of nitrogens with one attached hydrogen (secondary N) is 2. The van der Waals surface area contributed by atoms with Crippen LogP contribution in [0.15, 0.2) is 42.6 Å². The van der Waals surface area contributed by atoms with Crippen molar-refractivity contribution in [1.82, 2.24) is 25.2 Å². The van der Waals surface area contributed by atoms with E-state index in [2.05, 4.69) is 27.1 Å². The zero-order valence-corrected chi connectivity index (χ0v) is 19.6. The average molecular weight is 468 g/mol. The van der Waals surface area contributed by atoms with Gasteiger partial charge < -0.3 is 20.5 Å². The third kappa shape index (κ3) is 3.43. The number of para-hydroxylation sites is 1. The van der Waals surface area contributed by atoms with Crippen molar-refractivity contribution < 1.29 is 9.59 Å². The van der Waals surface area contributed by atoms with E-state index >= 15 is 0 Å². The van der Waals surface area contributed by atoms with Crippen molar-refractivity contribution in [3.8, 4) is 0 Å². The van der Waals surface area contributed by atoms with Gasteiger partial charge in [-0.1, -0.05) is 18.2 Å². The summed E-state index contributed by atoms with van der Waals surface area (Å²) in [6, 6.07) is 11.3. The number of aromatic nitrogens is 3. The number of hydrogen-bond donors (Lipinski definition) is 3. The smallest absolute Gasteiger partial charge is 0.261 e. The molecule has 0 saturated carbocycles. The van der Waals surface area contributed by atoms with Gasteiger partial charge in [0.1, 0.15) is 0 Å². The first-order chi connectivity index (χ1) is 16.9. The van der Waals surface area contributed by atoms with Crippen molar-refractivity contribution in [2.45, 2.75) is 6.92 Å². The summed E-state index contributed by atoms with van der Waals surface area (Å²) in [6.07, 6.45) is 1.78. The minimum Gasteiger partial charge on any atom is -0.399 e. The van der Waals surface area contributed by atoms with Gasteiger partial charge in [-0.2, -0.15) is 0 Å². The summed E-state index contributed by atoms with van der Waals surface area (Å²) in [5, 5.41) is 4.00. The van der Waals surface area contributed by atoms with Crippen LogP contribution in [-0.2, 0) is 9.59 Å². The van der Waals surface area contributed by atoms with Crippen LogP contribution in [0.4, 0.5) is 11.6 Å². The quantitative estimate of drug-likeness (QED) is 0.312. The summed E-state index contributed by atoms with van der Waals surface area (Å²) in [5.74, 6) is -0.373. The van der Waals surface area contributed by atoms with E-state index in [1.807, 2.05) is 31.2 Å². The van der Waals surface area contributed by atoms with Gasteiger partial charge in [0.25, 0.3) is 11.8 Å². The lowest BCUT2D eigenvalue weighted by Gasteiger charge is -2.32. The summed E-state index contributed by atoms with van der Waals surface area (Å²) >= 11 is 0. The van der Waals surface area contributed by atoms with Crippen molar-refractivity contribution >= 4 is 56.4 Å². The molecule has 0 bridgehead atoms. The van der Waals surface area contributed by atoms with Crippen LogP contribution in [0, 0.1) is 6.92 Å². The van der Waals surface area contributed by atoms with Crippen LogP contribution in [0.25, 0.3) is 33.0 Å². The van der Waals surface area contributed by atoms with Gasteiger partial charge in [0.05, 0.1) is 22.4 Å². The van der Waals surface area contributed by atoms with Crippen LogP contribution in [0.3, 0.4) is 0 Å². The Hall–Kier alpha value is -4.24. The number of carbonyl (C=O) groups excluding carboxylic acids is 2. The molecule has 2 amide bonds. The highest BCUT2D eigenvalue weighted by molar-refractivity contribution is 6.50. The Bertz CT molecular complexity index is 1560. The van der Waals surface area contributed by atoms with Crippen LogP contribution in [-0.4, -0.2) is 64.9 Å². The Labute approximate surface area is 201 Å². The molecule has 176 valence electrons. The Morgan fingerprint density at radius 1 is 0.943 bits per heavy atom. The Balaban J connectivity index is 1.62. The third-order valence-corrected chi connectivity index (χ3v) is 6.86. The van der Waals surface area contributed by atoms with Crippen molar-refractivity contribution in [1.29, 1.82) is 0 Å². The second-order valence-electron chi connectivity index (χ2n) is 9.17. The van der Waals surface area contributed by atoms with Crippen LogP contribution in [0.1, 0.15) is 16.8 Å². The number of nitrogens with zero attached hydrogens (tertiary/aromatic N) is 4. The summed E-state index contributed by atoms with van der Waals surface area (Å²) in [7, 11) is 2.08. The van der Waals surface area contributed by atoms with Gasteiger partial charge in [-0.25, -0.2) is 9.97 Å². The van der Waals surface area contributed by atoms with E-state index in [0.29, 0.717) is 39.4 Å². The summed E-state index contributed by atoms with van der Waals surface area (Å²) in [5.41, 5.74) is 10.9. The van der Waals surface area contributed by atoms with E-state index in [4.69, 9.17) is 15.7 Å². The number of benzene rings is 2. The highest BCUT2D eigenvalue weighted by Crippen LogP contribution is 2.38. The van der Waals surface area contributed by atoms with Gasteiger partial charge in [-0.3, -0.25) is 14.9 Å². The highest BCUT2D eigenvalue weighted by atomic mass is 16.2. The SMILES string of the molecule is Cc1cccc2c(C3=C(c4nc(N5CCN(C)CC5)nc5ccc(N)cc45)C(=O)NC3=O)c[nH]c12. The Kier molecular flexibility index (Phi) is 4.82. The molecule has 2 aliphatic heterocycles. The molecule has 2 aliphatic rings. The fraction of sp³-hybridized carbons (Fsp3) is 0.231. The second-order valence-corrected chi connectivity index (χ2v) is 9.17. The van der Waals surface area contributed by atoms with Crippen LogP contribution < -0.4 is 16.0 Å². The number of rotatable bonds is 3. The number of amides is 2. The van der Waals surface area contributed by atoms with Crippen molar-refractivity contribution in [2.24, 2.45) is 0 Å². The summed E-state index contributed by atoms with van der Waals surface area (Å²) < 4.78 is 0. The number of nitrogen functional groups attached to an aromatic ring is 1. The van der Waals surface area contributed by atoms with Crippen LogP contribution >= 0.6 is 0 Å². The minimum absolute atomic E-state index is 0.241. The Morgan fingerprint density at radius 3 is 2.51 bits per heavy atom. The molecule has 0 aliphatic carbocycles. The second kappa shape index (κ2) is 7.92. The number of fused-ring (bicyclic) bond motifs is 2. The van der Waals surface area contributed by atoms with Crippen molar-refractivity contribution in [2.75, 3.05) is 43.9 Å². The molecule has 0 radical (unpaired) electrons. The Morgan fingerprint density at radius 2 is 1.71 bits per heavy atom. The highest BCUT2D eigenvalue weighted by Gasteiger charge is 2.36. The molecule has 9 nitrogen and oxygen atoms in total. The number of likely N-dealkylation sites (N-methyl/N-ethyl adjacent to an activating group) is 1. The van der Waals surface area contributed by atoms with E-state index in [0.717, 1.165) is 42.6 Å². The van der Waals surface area contributed by atoms with Crippen LogP contribution in [0.2, 0.25) is 0 Å². The molecular weight excluding hydrogens is 442 g/mol. The molecule has 2 aromatic heterocycles. The molecule has 4 heterocycles. The number of imide groups is 1. The molecule has 2 aromatic carbocycles. The fourth-order valence-corrected chi connectivity index (χ4v) is 4.92. The number of H-pyrrole nitrogens is 1. The molecule has 35 heavy (non-hydrogen) atoms. The zero-order valence-electron chi connectivity index (χ0n) is 19.6. The molecule has 0 spiro atoms. The lowest BCUT2D eigenvalue weighted by Crippen LogP contribution is -2.45. The standard InChI is InChI=1S/C26H25N7O2/c1-14-4-3-5-16-18(13-28-22(14)16)20-21(25(35)31-24(20)34)23-17-12-15(27)6-7-19(17)29-26(30-23)33-10-8-32(2)9-11-33/h3-7,12-13,28H,8-11,27H2,1-2H3,(H,31,34,35). The van der Waals surface area contributed by atoms with Gasteiger partial charge in [0.2, 0.25) is 5.95 Å². The summed E-state index contributed by atoms with van der Waals surface area (Å²) in [6.45, 7) is 5.32. The van der Waals surface area contributed by atoms with Crippen molar-refractivity contribution in [3.05, 3.63) is 59.4 Å². The monoisotopic (exact) mass is 467 g/mol. The van der Waals surface area contributed by atoms with Crippen molar-refractivity contribution in [3.63, 3.8) is 0 Å².